The fourth-order valence-corrected chi connectivity index (χ4v) is 4.18. The molecule has 156 valence electrons. The largest absolute Gasteiger partial charge is 0.352 e. The van der Waals surface area contributed by atoms with Crippen molar-refractivity contribution in [2.24, 2.45) is 0 Å². The van der Waals surface area contributed by atoms with Gasteiger partial charge in [0.15, 0.2) is 0 Å². The van der Waals surface area contributed by atoms with Crippen LogP contribution in [-0.4, -0.2) is 53.2 Å². The lowest BCUT2D eigenvalue weighted by Crippen LogP contribution is -2.56. The highest BCUT2D eigenvalue weighted by atomic mass is 35.5. The van der Waals surface area contributed by atoms with Crippen LogP contribution in [0.4, 0.5) is 0 Å². The minimum absolute atomic E-state index is 0.0220. The van der Waals surface area contributed by atoms with Gasteiger partial charge in [-0.1, -0.05) is 35.9 Å². The molecule has 2 fully saturated rings. The highest BCUT2D eigenvalue weighted by Crippen LogP contribution is 2.24. The van der Waals surface area contributed by atoms with Crippen molar-refractivity contribution >= 4 is 29.3 Å². The fraction of sp³-hybridized carbons (Fsp3) is 0.348. The van der Waals surface area contributed by atoms with E-state index in [9.17, 15) is 14.4 Å². The molecule has 6 nitrogen and oxygen atoms in total. The molecular weight excluding hydrogens is 402 g/mol. The molecule has 2 aromatic carbocycles. The van der Waals surface area contributed by atoms with Gasteiger partial charge in [-0.3, -0.25) is 14.4 Å². The van der Waals surface area contributed by atoms with Gasteiger partial charge in [0.2, 0.25) is 11.8 Å². The monoisotopic (exact) mass is 425 g/mol. The zero-order valence-corrected chi connectivity index (χ0v) is 17.4. The summed E-state index contributed by atoms with van der Waals surface area (Å²) in [6.07, 6.45) is 2.36. The molecule has 0 spiro atoms. The SMILES string of the molecule is O=C(NCCc1ccc(Cl)cc1)c1ccc(CN2CC(=O)N3CCCC3C2=O)cc1. The van der Waals surface area contributed by atoms with Gasteiger partial charge in [0.1, 0.15) is 12.6 Å². The first-order valence-electron chi connectivity index (χ1n) is 10.2. The number of rotatable bonds is 6. The maximum Gasteiger partial charge on any atom is 0.251 e. The molecule has 1 N–H and O–H groups in total. The number of hydrogen-bond acceptors (Lipinski definition) is 3. The molecule has 4 rings (SSSR count). The quantitative estimate of drug-likeness (QED) is 0.773. The summed E-state index contributed by atoms with van der Waals surface area (Å²) in [7, 11) is 0. The number of carbonyl (C=O) groups is 3. The number of carbonyl (C=O) groups excluding carboxylic acids is 3. The van der Waals surface area contributed by atoms with Crippen molar-refractivity contribution < 1.29 is 14.4 Å². The Morgan fingerprint density at radius 1 is 1.03 bits per heavy atom. The highest BCUT2D eigenvalue weighted by Gasteiger charge is 2.41. The summed E-state index contributed by atoms with van der Waals surface area (Å²) in [4.78, 5) is 40.6. The zero-order chi connectivity index (χ0) is 21.1. The van der Waals surface area contributed by atoms with Crippen LogP contribution in [0, 0.1) is 0 Å². The fourth-order valence-electron chi connectivity index (χ4n) is 4.05. The number of halogens is 1. The van der Waals surface area contributed by atoms with Crippen molar-refractivity contribution in [3.05, 3.63) is 70.2 Å². The summed E-state index contributed by atoms with van der Waals surface area (Å²) in [6.45, 7) is 1.73. The van der Waals surface area contributed by atoms with Gasteiger partial charge in [-0.2, -0.15) is 0 Å². The number of hydrogen-bond donors (Lipinski definition) is 1. The molecule has 0 radical (unpaired) electrons. The Kier molecular flexibility index (Phi) is 6.04. The van der Waals surface area contributed by atoms with Crippen LogP contribution in [0.15, 0.2) is 48.5 Å². The normalized spacial score (nSPS) is 18.5. The van der Waals surface area contributed by atoms with E-state index in [0.29, 0.717) is 30.2 Å². The van der Waals surface area contributed by atoms with Gasteiger partial charge < -0.3 is 15.1 Å². The molecule has 2 aliphatic heterocycles. The predicted molar refractivity (Wildman–Crippen MR) is 114 cm³/mol. The molecule has 0 aromatic heterocycles. The first kappa shape index (κ1) is 20.4. The number of fused-ring (bicyclic) bond motifs is 1. The second-order valence-electron chi connectivity index (χ2n) is 7.77. The molecule has 2 aromatic rings. The third kappa shape index (κ3) is 4.49. The molecule has 1 unspecified atom stereocenters. The first-order chi connectivity index (χ1) is 14.5. The van der Waals surface area contributed by atoms with Crippen molar-refractivity contribution in [2.45, 2.75) is 31.8 Å². The lowest BCUT2D eigenvalue weighted by Gasteiger charge is -2.36. The summed E-state index contributed by atoms with van der Waals surface area (Å²) < 4.78 is 0. The average molecular weight is 426 g/mol. The summed E-state index contributed by atoms with van der Waals surface area (Å²) in [5, 5.41) is 3.61. The molecule has 2 saturated heterocycles. The number of piperazine rings is 1. The third-order valence-corrected chi connectivity index (χ3v) is 5.95. The van der Waals surface area contributed by atoms with Gasteiger partial charge >= 0.3 is 0 Å². The number of benzene rings is 2. The molecule has 1 atom stereocenters. The number of amides is 3. The molecule has 0 aliphatic carbocycles. The van der Waals surface area contributed by atoms with Crippen LogP contribution in [0.3, 0.4) is 0 Å². The van der Waals surface area contributed by atoms with Crippen molar-refractivity contribution in [3.63, 3.8) is 0 Å². The van der Waals surface area contributed by atoms with E-state index in [-0.39, 0.29) is 30.3 Å². The van der Waals surface area contributed by atoms with Gasteiger partial charge in [-0.15, -0.1) is 0 Å². The van der Waals surface area contributed by atoms with Crippen molar-refractivity contribution in [2.75, 3.05) is 19.6 Å². The van der Waals surface area contributed by atoms with E-state index in [0.717, 1.165) is 30.4 Å². The van der Waals surface area contributed by atoms with E-state index < -0.39 is 0 Å². The Bertz CT molecular complexity index is 943. The van der Waals surface area contributed by atoms with Crippen LogP contribution in [0.5, 0.6) is 0 Å². The molecule has 30 heavy (non-hydrogen) atoms. The van der Waals surface area contributed by atoms with Gasteiger partial charge in [0.05, 0.1) is 0 Å². The molecule has 7 heteroatoms. The van der Waals surface area contributed by atoms with Crippen LogP contribution in [0.2, 0.25) is 5.02 Å². The Morgan fingerprint density at radius 2 is 1.73 bits per heavy atom. The van der Waals surface area contributed by atoms with Crippen LogP contribution in [-0.2, 0) is 22.6 Å². The van der Waals surface area contributed by atoms with Gasteiger partial charge in [0, 0.05) is 30.2 Å². The van der Waals surface area contributed by atoms with Crippen LogP contribution in [0.1, 0.15) is 34.3 Å². The molecule has 0 bridgehead atoms. The van der Waals surface area contributed by atoms with E-state index in [2.05, 4.69) is 5.32 Å². The van der Waals surface area contributed by atoms with Gasteiger partial charge in [0.25, 0.3) is 5.91 Å². The predicted octanol–water partition coefficient (Wildman–Crippen LogP) is 2.65. The van der Waals surface area contributed by atoms with Crippen LogP contribution in [0.25, 0.3) is 0 Å². The molecule has 3 amide bonds. The summed E-state index contributed by atoms with van der Waals surface area (Å²) in [6, 6.07) is 14.5. The maximum absolute atomic E-state index is 12.6. The van der Waals surface area contributed by atoms with Crippen LogP contribution < -0.4 is 5.32 Å². The zero-order valence-electron chi connectivity index (χ0n) is 16.6. The topological polar surface area (TPSA) is 69.7 Å². The van der Waals surface area contributed by atoms with Gasteiger partial charge in [-0.05, 0) is 54.7 Å². The Balaban J connectivity index is 1.30. The Labute approximate surface area is 180 Å². The van der Waals surface area contributed by atoms with Crippen LogP contribution >= 0.6 is 11.6 Å². The summed E-state index contributed by atoms with van der Waals surface area (Å²) in [5.41, 5.74) is 2.58. The lowest BCUT2D eigenvalue weighted by atomic mass is 10.1. The number of nitrogens with zero attached hydrogens (tertiary/aromatic N) is 2. The molecule has 0 saturated carbocycles. The summed E-state index contributed by atoms with van der Waals surface area (Å²) in [5.74, 6) is -0.0914. The van der Waals surface area contributed by atoms with Crippen molar-refractivity contribution in [1.82, 2.24) is 15.1 Å². The average Bonchev–Trinajstić information content (AvgIpc) is 3.25. The second-order valence-corrected chi connectivity index (χ2v) is 8.21. The third-order valence-electron chi connectivity index (χ3n) is 5.70. The van der Waals surface area contributed by atoms with E-state index >= 15 is 0 Å². The van der Waals surface area contributed by atoms with E-state index in [1.165, 1.54) is 0 Å². The van der Waals surface area contributed by atoms with E-state index in [1.807, 2.05) is 36.4 Å². The van der Waals surface area contributed by atoms with E-state index in [1.54, 1.807) is 21.9 Å². The first-order valence-corrected chi connectivity index (χ1v) is 10.6. The smallest absolute Gasteiger partial charge is 0.251 e. The minimum Gasteiger partial charge on any atom is -0.352 e. The minimum atomic E-state index is -0.294. The lowest BCUT2D eigenvalue weighted by molar-refractivity contribution is -0.154. The Morgan fingerprint density at radius 3 is 2.47 bits per heavy atom. The second kappa shape index (κ2) is 8.88. The standard InChI is InChI=1S/C23H24ClN3O3/c24-19-9-5-16(6-10-19)11-12-25-22(29)18-7-3-17(4-8-18)14-26-15-21(28)27-13-1-2-20(27)23(26)30/h3-10,20H,1-2,11-15H2,(H,25,29). The Hall–Kier alpha value is -2.86. The maximum atomic E-state index is 12.6. The summed E-state index contributed by atoms with van der Waals surface area (Å²) >= 11 is 5.88. The number of nitrogens with one attached hydrogen (secondary N) is 1. The molecule has 2 heterocycles. The molecule has 2 aliphatic rings. The van der Waals surface area contributed by atoms with Crippen molar-refractivity contribution in [1.29, 1.82) is 0 Å². The molecular formula is C23H24ClN3O3. The van der Waals surface area contributed by atoms with Gasteiger partial charge in [-0.25, -0.2) is 0 Å². The highest BCUT2D eigenvalue weighted by molar-refractivity contribution is 6.30. The van der Waals surface area contributed by atoms with Crippen molar-refractivity contribution in [3.8, 4) is 0 Å². The van der Waals surface area contributed by atoms with E-state index in [4.69, 9.17) is 11.6 Å².